The first-order chi connectivity index (χ1) is 15.0. The van der Waals surface area contributed by atoms with Crippen LogP contribution in [0.2, 0.25) is 0 Å². The van der Waals surface area contributed by atoms with E-state index in [9.17, 15) is 14.0 Å². The van der Waals surface area contributed by atoms with Crippen LogP contribution in [-0.4, -0.2) is 47.9 Å². The SMILES string of the molecule is CC1CCN(C(CNC(=O)CSCC(=O)Nc2ccc(F)cc2)c2ccccc2)CC1. The molecular formula is C24H30FN3O2S. The van der Waals surface area contributed by atoms with Crippen molar-refractivity contribution in [2.24, 2.45) is 5.92 Å². The molecule has 1 fully saturated rings. The van der Waals surface area contributed by atoms with Gasteiger partial charge in [-0.25, -0.2) is 4.39 Å². The molecule has 1 unspecified atom stereocenters. The van der Waals surface area contributed by atoms with Crippen molar-refractivity contribution in [2.75, 3.05) is 36.5 Å². The molecule has 1 aliphatic heterocycles. The number of hydrogen-bond donors (Lipinski definition) is 2. The summed E-state index contributed by atoms with van der Waals surface area (Å²) in [4.78, 5) is 26.8. The van der Waals surface area contributed by atoms with E-state index in [0.717, 1.165) is 19.0 Å². The van der Waals surface area contributed by atoms with E-state index in [1.54, 1.807) is 0 Å². The number of nitrogens with one attached hydrogen (secondary N) is 2. The lowest BCUT2D eigenvalue weighted by Gasteiger charge is -2.37. The third-order valence-electron chi connectivity index (χ3n) is 5.53. The Morgan fingerprint density at radius 2 is 1.68 bits per heavy atom. The predicted molar refractivity (Wildman–Crippen MR) is 125 cm³/mol. The molecule has 1 aliphatic rings. The highest BCUT2D eigenvalue weighted by Crippen LogP contribution is 2.26. The number of anilines is 1. The molecule has 166 valence electrons. The summed E-state index contributed by atoms with van der Waals surface area (Å²) >= 11 is 1.26. The highest BCUT2D eigenvalue weighted by Gasteiger charge is 2.25. The minimum Gasteiger partial charge on any atom is -0.353 e. The zero-order chi connectivity index (χ0) is 22.1. The van der Waals surface area contributed by atoms with Crippen LogP contribution < -0.4 is 10.6 Å². The maximum absolute atomic E-state index is 12.9. The van der Waals surface area contributed by atoms with Crippen molar-refractivity contribution >= 4 is 29.3 Å². The summed E-state index contributed by atoms with van der Waals surface area (Å²) in [5.41, 5.74) is 1.75. The number of piperidine rings is 1. The molecule has 3 rings (SSSR count). The van der Waals surface area contributed by atoms with Gasteiger partial charge in [-0.15, -0.1) is 11.8 Å². The van der Waals surface area contributed by atoms with E-state index in [1.807, 2.05) is 18.2 Å². The van der Waals surface area contributed by atoms with Crippen molar-refractivity contribution < 1.29 is 14.0 Å². The van der Waals surface area contributed by atoms with Crippen LogP contribution in [0.5, 0.6) is 0 Å². The molecule has 5 nitrogen and oxygen atoms in total. The van der Waals surface area contributed by atoms with Crippen molar-refractivity contribution in [3.63, 3.8) is 0 Å². The number of thioether (sulfide) groups is 1. The van der Waals surface area contributed by atoms with Crippen molar-refractivity contribution in [2.45, 2.75) is 25.8 Å². The number of rotatable bonds is 9. The summed E-state index contributed by atoms with van der Waals surface area (Å²) in [7, 11) is 0. The number of hydrogen-bond acceptors (Lipinski definition) is 4. The number of halogens is 1. The van der Waals surface area contributed by atoms with Crippen molar-refractivity contribution in [1.29, 1.82) is 0 Å². The summed E-state index contributed by atoms with van der Waals surface area (Å²) in [6.07, 6.45) is 2.35. The molecule has 0 aliphatic carbocycles. The van der Waals surface area contributed by atoms with Crippen LogP contribution in [-0.2, 0) is 9.59 Å². The minimum atomic E-state index is -0.350. The van der Waals surface area contributed by atoms with E-state index >= 15 is 0 Å². The fourth-order valence-electron chi connectivity index (χ4n) is 3.70. The predicted octanol–water partition coefficient (Wildman–Crippen LogP) is 4.09. The first-order valence-corrected chi connectivity index (χ1v) is 11.9. The third kappa shape index (κ3) is 7.67. The minimum absolute atomic E-state index is 0.0779. The van der Waals surface area contributed by atoms with Crippen LogP contribution in [0.4, 0.5) is 10.1 Å². The summed E-state index contributed by atoms with van der Waals surface area (Å²) in [5, 5.41) is 5.74. The van der Waals surface area contributed by atoms with Crippen LogP contribution in [0.3, 0.4) is 0 Å². The first-order valence-electron chi connectivity index (χ1n) is 10.7. The average Bonchev–Trinajstić information content (AvgIpc) is 2.77. The Bertz CT molecular complexity index is 840. The van der Waals surface area contributed by atoms with Crippen LogP contribution in [0, 0.1) is 11.7 Å². The molecular weight excluding hydrogens is 413 g/mol. The number of amides is 2. The fraction of sp³-hybridized carbons (Fsp3) is 0.417. The lowest BCUT2D eigenvalue weighted by Crippen LogP contribution is -2.42. The number of carbonyl (C=O) groups is 2. The van der Waals surface area contributed by atoms with Crippen molar-refractivity contribution in [3.05, 3.63) is 66.0 Å². The van der Waals surface area contributed by atoms with Gasteiger partial charge in [-0.3, -0.25) is 14.5 Å². The Labute approximate surface area is 187 Å². The van der Waals surface area contributed by atoms with Gasteiger partial charge in [0.25, 0.3) is 0 Å². The molecule has 2 N–H and O–H groups in total. The van der Waals surface area contributed by atoms with Crippen LogP contribution in [0.1, 0.15) is 31.4 Å². The molecule has 0 aromatic heterocycles. The summed E-state index contributed by atoms with van der Waals surface area (Å²) in [6, 6.07) is 16.1. The molecule has 0 radical (unpaired) electrons. The Balaban J connectivity index is 1.43. The van der Waals surface area contributed by atoms with Crippen LogP contribution in [0.25, 0.3) is 0 Å². The fourth-order valence-corrected chi connectivity index (χ4v) is 4.35. The molecule has 31 heavy (non-hydrogen) atoms. The topological polar surface area (TPSA) is 61.4 Å². The molecule has 2 amide bonds. The van der Waals surface area contributed by atoms with E-state index < -0.39 is 0 Å². The van der Waals surface area contributed by atoms with Gasteiger partial charge in [0.05, 0.1) is 17.5 Å². The van der Waals surface area contributed by atoms with Gasteiger partial charge in [0.15, 0.2) is 0 Å². The van der Waals surface area contributed by atoms with E-state index in [-0.39, 0.29) is 35.2 Å². The van der Waals surface area contributed by atoms with Gasteiger partial charge in [0.1, 0.15) is 5.82 Å². The Morgan fingerprint density at radius 1 is 1.03 bits per heavy atom. The summed E-state index contributed by atoms with van der Waals surface area (Å²) in [6.45, 7) is 4.92. The van der Waals surface area contributed by atoms with Gasteiger partial charge in [-0.1, -0.05) is 37.3 Å². The second-order valence-corrected chi connectivity index (χ2v) is 8.98. The third-order valence-corrected chi connectivity index (χ3v) is 6.46. The lowest BCUT2D eigenvalue weighted by molar-refractivity contribution is -0.118. The Hall–Kier alpha value is -2.38. The van der Waals surface area contributed by atoms with E-state index in [1.165, 1.54) is 54.4 Å². The summed E-state index contributed by atoms with van der Waals surface area (Å²) < 4.78 is 12.9. The van der Waals surface area contributed by atoms with Gasteiger partial charge >= 0.3 is 0 Å². The lowest BCUT2D eigenvalue weighted by atomic mass is 9.95. The molecule has 0 spiro atoms. The molecule has 1 heterocycles. The smallest absolute Gasteiger partial charge is 0.234 e. The molecule has 1 atom stereocenters. The van der Waals surface area contributed by atoms with Gasteiger partial charge in [-0.2, -0.15) is 0 Å². The van der Waals surface area contributed by atoms with Crippen molar-refractivity contribution in [1.82, 2.24) is 10.2 Å². The molecule has 0 bridgehead atoms. The van der Waals surface area contributed by atoms with Crippen molar-refractivity contribution in [3.8, 4) is 0 Å². The maximum Gasteiger partial charge on any atom is 0.234 e. The number of nitrogens with zero attached hydrogens (tertiary/aromatic N) is 1. The largest absolute Gasteiger partial charge is 0.353 e. The Kier molecular flexibility index (Phi) is 8.91. The second kappa shape index (κ2) is 11.9. The first kappa shape index (κ1) is 23.3. The van der Waals surface area contributed by atoms with Gasteiger partial charge < -0.3 is 10.6 Å². The van der Waals surface area contributed by atoms with Crippen LogP contribution in [0.15, 0.2) is 54.6 Å². The summed E-state index contributed by atoms with van der Waals surface area (Å²) in [5.74, 6) is 0.489. The van der Waals surface area contributed by atoms with Gasteiger partial charge in [0.2, 0.25) is 11.8 Å². The molecule has 7 heteroatoms. The van der Waals surface area contributed by atoms with E-state index in [0.29, 0.717) is 12.2 Å². The molecule has 2 aromatic rings. The molecule has 0 saturated carbocycles. The maximum atomic E-state index is 12.9. The van der Waals surface area contributed by atoms with E-state index in [2.05, 4.69) is 34.6 Å². The average molecular weight is 444 g/mol. The molecule has 2 aromatic carbocycles. The van der Waals surface area contributed by atoms with Crippen LogP contribution >= 0.6 is 11.8 Å². The normalized spacial score (nSPS) is 15.9. The number of benzene rings is 2. The highest BCUT2D eigenvalue weighted by atomic mass is 32.2. The highest BCUT2D eigenvalue weighted by molar-refractivity contribution is 8.00. The quantitative estimate of drug-likeness (QED) is 0.613. The van der Waals surface area contributed by atoms with E-state index in [4.69, 9.17) is 0 Å². The zero-order valence-electron chi connectivity index (χ0n) is 17.9. The number of carbonyl (C=O) groups excluding carboxylic acids is 2. The standard InChI is InChI=1S/C24H30FN3O2S/c1-18-11-13-28(14-12-18)22(19-5-3-2-4-6-19)15-26-23(29)16-31-17-24(30)27-21-9-7-20(25)8-10-21/h2-10,18,22H,11-17H2,1H3,(H,26,29)(H,27,30). The molecule has 1 saturated heterocycles. The zero-order valence-corrected chi connectivity index (χ0v) is 18.7. The monoisotopic (exact) mass is 443 g/mol. The van der Waals surface area contributed by atoms with Gasteiger partial charge in [-0.05, 0) is 61.7 Å². The Morgan fingerprint density at radius 3 is 2.35 bits per heavy atom. The second-order valence-electron chi connectivity index (χ2n) is 8.00. The number of likely N-dealkylation sites (tertiary alicyclic amines) is 1. The van der Waals surface area contributed by atoms with Gasteiger partial charge in [0, 0.05) is 12.2 Å².